The minimum atomic E-state index is -0.196. The molecule has 0 fully saturated rings. The molecule has 0 heterocycles. The van der Waals surface area contributed by atoms with Crippen LogP contribution in [-0.2, 0) is 9.45 Å². The number of ketones is 1. The number of carbonyl (C=O) groups excluding carboxylic acids is 2. The molecule has 0 saturated heterocycles. The standard InChI is InChI=1S/C17H24BCl2NO3/c1-11(2)9-16(18(3)24-4)21-17(23)8-7-15(22)13-10-12(19)5-6-14(13)20/h5-6,10-11,16H,7-9H2,1-4H3,(H,21,23)/t16-/m0/s1. The van der Waals surface area contributed by atoms with E-state index < -0.39 is 0 Å². The molecule has 0 aliphatic heterocycles. The first kappa shape index (κ1) is 21.0. The van der Waals surface area contributed by atoms with Gasteiger partial charge in [0.05, 0.1) is 5.02 Å². The lowest BCUT2D eigenvalue weighted by Gasteiger charge is -2.23. The third kappa shape index (κ3) is 6.84. The van der Waals surface area contributed by atoms with Crippen LogP contribution >= 0.6 is 23.2 Å². The van der Waals surface area contributed by atoms with Crippen LogP contribution in [0.15, 0.2) is 18.2 Å². The lowest BCUT2D eigenvalue weighted by molar-refractivity contribution is -0.121. The van der Waals surface area contributed by atoms with Gasteiger partial charge in [0.1, 0.15) is 0 Å². The predicted molar refractivity (Wildman–Crippen MR) is 100 cm³/mol. The molecule has 1 N–H and O–H groups in total. The van der Waals surface area contributed by atoms with E-state index in [0.29, 0.717) is 21.5 Å². The van der Waals surface area contributed by atoms with Crippen LogP contribution in [0.1, 0.15) is 43.5 Å². The van der Waals surface area contributed by atoms with Gasteiger partial charge in [0.25, 0.3) is 0 Å². The number of nitrogens with one attached hydrogen (secondary N) is 1. The fourth-order valence-electron chi connectivity index (χ4n) is 2.39. The van der Waals surface area contributed by atoms with Crippen LogP contribution in [-0.4, -0.2) is 31.7 Å². The van der Waals surface area contributed by atoms with Crippen molar-refractivity contribution < 1.29 is 14.2 Å². The van der Waals surface area contributed by atoms with Gasteiger partial charge in [0, 0.05) is 36.5 Å². The second-order valence-corrected chi connectivity index (χ2v) is 7.14. The van der Waals surface area contributed by atoms with Crippen molar-refractivity contribution in [3.05, 3.63) is 33.8 Å². The van der Waals surface area contributed by atoms with Gasteiger partial charge in [0.2, 0.25) is 5.91 Å². The van der Waals surface area contributed by atoms with Crippen LogP contribution in [0.2, 0.25) is 16.9 Å². The summed E-state index contributed by atoms with van der Waals surface area (Å²) in [6.45, 7) is 6.01. The minimum Gasteiger partial charge on any atom is -0.437 e. The number of hydrogen-bond acceptors (Lipinski definition) is 3. The van der Waals surface area contributed by atoms with Crippen LogP contribution in [0.4, 0.5) is 0 Å². The zero-order valence-electron chi connectivity index (χ0n) is 14.6. The lowest BCUT2D eigenvalue weighted by atomic mass is 9.60. The van der Waals surface area contributed by atoms with E-state index in [1.165, 1.54) is 6.07 Å². The van der Waals surface area contributed by atoms with Crippen molar-refractivity contribution in [1.82, 2.24) is 5.32 Å². The highest BCUT2D eigenvalue weighted by Crippen LogP contribution is 2.22. The molecule has 132 valence electrons. The number of Topliss-reactive ketones (excluding diaryl/α,β-unsaturated/α-hetero) is 1. The molecule has 0 saturated carbocycles. The van der Waals surface area contributed by atoms with Gasteiger partial charge in [-0.3, -0.25) is 9.59 Å². The maximum Gasteiger partial charge on any atom is 0.312 e. The van der Waals surface area contributed by atoms with Gasteiger partial charge in [-0.2, -0.15) is 0 Å². The predicted octanol–water partition coefficient (Wildman–Crippen LogP) is 4.29. The number of rotatable bonds is 9. The Kier molecular flexibility index (Phi) is 8.81. The molecule has 0 radical (unpaired) electrons. The molecule has 1 atom stereocenters. The highest BCUT2D eigenvalue weighted by atomic mass is 35.5. The van der Waals surface area contributed by atoms with Gasteiger partial charge >= 0.3 is 6.92 Å². The number of halogens is 2. The van der Waals surface area contributed by atoms with Gasteiger partial charge in [-0.25, -0.2) is 0 Å². The van der Waals surface area contributed by atoms with Crippen molar-refractivity contribution in [2.45, 2.75) is 45.9 Å². The largest absolute Gasteiger partial charge is 0.437 e. The Bertz CT molecular complexity index is 581. The molecule has 0 aliphatic rings. The molecule has 1 amide bonds. The van der Waals surface area contributed by atoms with Gasteiger partial charge in [-0.15, -0.1) is 0 Å². The average molecular weight is 372 g/mol. The first-order chi connectivity index (χ1) is 11.2. The summed E-state index contributed by atoms with van der Waals surface area (Å²) in [4.78, 5) is 24.4. The summed E-state index contributed by atoms with van der Waals surface area (Å²) < 4.78 is 5.32. The average Bonchev–Trinajstić information content (AvgIpc) is 2.53. The topological polar surface area (TPSA) is 55.4 Å². The Labute approximate surface area is 154 Å². The number of hydrogen-bond donors (Lipinski definition) is 1. The van der Waals surface area contributed by atoms with E-state index in [9.17, 15) is 9.59 Å². The third-order valence-corrected chi connectivity index (χ3v) is 4.38. The maximum absolute atomic E-state index is 12.2. The SMILES string of the molecule is COB(C)[C@H](CC(C)C)NC(=O)CCC(=O)c1cc(Cl)ccc1Cl. The summed E-state index contributed by atoms with van der Waals surface area (Å²) in [5.74, 6) is -0.0129. The minimum absolute atomic E-state index is 0.0765. The highest BCUT2D eigenvalue weighted by Gasteiger charge is 2.24. The smallest absolute Gasteiger partial charge is 0.312 e. The van der Waals surface area contributed by atoms with Crippen molar-refractivity contribution in [3.63, 3.8) is 0 Å². The second kappa shape index (κ2) is 10.1. The normalized spacial score (nSPS) is 12.1. The fraction of sp³-hybridized carbons (Fsp3) is 0.529. The maximum atomic E-state index is 12.2. The number of carbonyl (C=O) groups is 2. The highest BCUT2D eigenvalue weighted by molar-refractivity contribution is 6.52. The molecule has 0 aromatic heterocycles. The van der Waals surface area contributed by atoms with Crippen molar-refractivity contribution in [3.8, 4) is 0 Å². The van der Waals surface area contributed by atoms with Gasteiger partial charge in [-0.05, 0) is 30.5 Å². The zero-order chi connectivity index (χ0) is 18.3. The van der Waals surface area contributed by atoms with Gasteiger partial charge in [-0.1, -0.05) is 43.9 Å². The van der Waals surface area contributed by atoms with Crippen molar-refractivity contribution in [1.29, 1.82) is 0 Å². The second-order valence-electron chi connectivity index (χ2n) is 6.29. The Morgan fingerprint density at radius 2 is 1.92 bits per heavy atom. The Balaban J connectivity index is 2.60. The number of benzene rings is 1. The molecular formula is C17H24BCl2NO3. The summed E-state index contributed by atoms with van der Waals surface area (Å²) in [6.07, 6.45) is 1.00. The molecule has 0 unspecified atom stereocenters. The lowest BCUT2D eigenvalue weighted by Crippen LogP contribution is -2.46. The van der Waals surface area contributed by atoms with Gasteiger partial charge < -0.3 is 9.97 Å². The zero-order valence-corrected chi connectivity index (χ0v) is 16.1. The van der Waals surface area contributed by atoms with Crippen molar-refractivity contribution in [2.75, 3.05) is 7.11 Å². The molecule has 0 spiro atoms. The molecule has 1 rings (SSSR count). The molecule has 0 bridgehead atoms. The Morgan fingerprint density at radius 3 is 2.50 bits per heavy atom. The van der Waals surface area contributed by atoms with E-state index in [-0.39, 0.29) is 37.4 Å². The van der Waals surface area contributed by atoms with Gasteiger partial charge in [0.15, 0.2) is 5.78 Å². The molecule has 24 heavy (non-hydrogen) atoms. The van der Waals surface area contributed by atoms with Crippen LogP contribution in [0.25, 0.3) is 0 Å². The Morgan fingerprint density at radius 1 is 1.25 bits per heavy atom. The summed E-state index contributed by atoms with van der Waals surface area (Å²) in [7, 11) is 1.62. The van der Waals surface area contributed by atoms with E-state index >= 15 is 0 Å². The van der Waals surface area contributed by atoms with Crippen LogP contribution < -0.4 is 5.32 Å². The van der Waals surface area contributed by atoms with E-state index in [2.05, 4.69) is 19.2 Å². The summed E-state index contributed by atoms with van der Waals surface area (Å²) in [5, 5.41) is 3.74. The summed E-state index contributed by atoms with van der Waals surface area (Å²) >= 11 is 11.9. The van der Waals surface area contributed by atoms with Crippen LogP contribution in [0, 0.1) is 5.92 Å². The molecule has 1 aromatic carbocycles. The van der Waals surface area contributed by atoms with Crippen molar-refractivity contribution in [2.24, 2.45) is 5.92 Å². The van der Waals surface area contributed by atoms with E-state index in [4.69, 9.17) is 27.9 Å². The van der Waals surface area contributed by atoms with E-state index in [0.717, 1.165) is 6.42 Å². The van der Waals surface area contributed by atoms with Crippen LogP contribution in [0.3, 0.4) is 0 Å². The summed E-state index contributed by atoms with van der Waals surface area (Å²) in [6, 6.07) is 4.73. The molecule has 0 aliphatic carbocycles. The third-order valence-electron chi connectivity index (χ3n) is 3.82. The number of amides is 1. The van der Waals surface area contributed by atoms with E-state index in [1.54, 1.807) is 19.2 Å². The molecular weight excluding hydrogens is 348 g/mol. The van der Waals surface area contributed by atoms with Crippen molar-refractivity contribution >= 4 is 41.8 Å². The molecule has 7 heteroatoms. The fourth-order valence-corrected chi connectivity index (χ4v) is 2.79. The quantitative estimate of drug-likeness (QED) is 0.520. The van der Waals surface area contributed by atoms with E-state index in [1.807, 2.05) is 6.82 Å². The Hall–Kier alpha value is -1.04. The van der Waals surface area contributed by atoms with Crippen LogP contribution in [0.5, 0.6) is 0 Å². The molecule has 4 nitrogen and oxygen atoms in total. The first-order valence-electron chi connectivity index (χ1n) is 8.05. The summed E-state index contributed by atoms with van der Waals surface area (Å²) in [5.41, 5.74) is 0.348. The molecule has 1 aromatic rings. The first-order valence-corrected chi connectivity index (χ1v) is 8.80. The monoisotopic (exact) mass is 371 g/mol.